The van der Waals surface area contributed by atoms with Crippen LogP contribution in [0, 0.1) is 0 Å². The molecule has 0 bridgehead atoms. The van der Waals surface area contributed by atoms with Crippen LogP contribution < -0.4 is 10.2 Å². The molecule has 0 saturated carbocycles. The summed E-state index contributed by atoms with van der Waals surface area (Å²) in [6.45, 7) is 7.95. The molecule has 0 aromatic heterocycles. The molecule has 1 aromatic carbocycles. The Morgan fingerprint density at radius 2 is 1.68 bits per heavy atom. The van der Waals surface area contributed by atoms with Crippen LogP contribution in [0.5, 0.6) is 5.75 Å². The summed E-state index contributed by atoms with van der Waals surface area (Å²) in [6.07, 6.45) is 1.33. The molecule has 0 spiro atoms. The predicted molar refractivity (Wildman–Crippen MR) is 95.7 cm³/mol. The van der Waals surface area contributed by atoms with Crippen LogP contribution in [0.1, 0.15) is 33.3 Å². The molecular weight excluding hydrogens is 323 g/mol. The number of hydrogen-bond acceptors (Lipinski definition) is 6. The van der Waals surface area contributed by atoms with Gasteiger partial charge < -0.3 is 23.5 Å². The van der Waals surface area contributed by atoms with E-state index in [0.29, 0.717) is 11.3 Å². The summed E-state index contributed by atoms with van der Waals surface area (Å²) in [7, 11) is 3.77. The maximum Gasteiger partial charge on any atom is 0.494 e. The smallest absolute Gasteiger partial charge is 0.494 e. The van der Waals surface area contributed by atoms with Gasteiger partial charge in [-0.2, -0.15) is 0 Å². The van der Waals surface area contributed by atoms with E-state index in [1.54, 1.807) is 12.1 Å². The van der Waals surface area contributed by atoms with Gasteiger partial charge in [-0.25, -0.2) is 4.79 Å². The van der Waals surface area contributed by atoms with Crippen molar-refractivity contribution >= 4 is 24.1 Å². The number of carbonyl (C=O) groups is 1. The number of benzene rings is 1. The van der Waals surface area contributed by atoms with E-state index >= 15 is 0 Å². The molecule has 7 heteroatoms. The lowest BCUT2D eigenvalue weighted by Crippen LogP contribution is -2.41. The Labute approximate surface area is 149 Å². The molecule has 0 unspecified atom stereocenters. The Hall–Kier alpha value is -1.99. The van der Waals surface area contributed by atoms with Gasteiger partial charge in [0.05, 0.1) is 38.8 Å². The monoisotopic (exact) mass is 348 g/mol. The average molecular weight is 348 g/mol. The van der Waals surface area contributed by atoms with Gasteiger partial charge in [-0.3, -0.25) is 0 Å². The summed E-state index contributed by atoms with van der Waals surface area (Å²) in [5.41, 5.74) is 0.667. The maximum atomic E-state index is 12.1. The van der Waals surface area contributed by atoms with Gasteiger partial charge in [0.15, 0.2) is 0 Å². The molecule has 6 nitrogen and oxygen atoms in total. The van der Waals surface area contributed by atoms with Gasteiger partial charge in [0.25, 0.3) is 0 Å². The predicted octanol–water partition coefficient (Wildman–Crippen LogP) is 2.15. The van der Waals surface area contributed by atoms with Crippen LogP contribution in [-0.4, -0.2) is 45.6 Å². The normalized spacial score (nSPS) is 18.8. The van der Waals surface area contributed by atoms with Gasteiger partial charge in [-0.1, -0.05) is 12.1 Å². The Balaban J connectivity index is 2.48. The van der Waals surface area contributed by atoms with Gasteiger partial charge >= 0.3 is 13.1 Å². The van der Waals surface area contributed by atoms with Crippen LogP contribution in [0.25, 0.3) is 5.57 Å². The second kappa shape index (κ2) is 7.10. The first-order valence-electron chi connectivity index (χ1n) is 8.02. The summed E-state index contributed by atoms with van der Waals surface area (Å²) >= 11 is 0. The fourth-order valence-corrected chi connectivity index (χ4v) is 2.51. The zero-order chi connectivity index (χ0) is 18.8. The lowest BCUT2D eigenvalue weighted by Gasteiger charge is -2.32. The summed E-state index contributed by atoms with van der Waals surface area (Å²) in [5.74, 6) is 0.000172. The largest absolute Gasteiger partial charge is 0.503 e. The lowest BCUT2D eigenvalue weighted by molar-refractivity contribution is -0.133. The van der Waals surface area contributed by atoms with Crippen molar-refractivity contribution in [3.63, 3.8) is 0 Å². The molecule has 1 heterocycles. The lowest BCUT2D eigenvalue weighted by atomic mass is 9.77. The molecule has 25 heavy (non-hydrogen) atoms. The Morgan fingerprint density at radius 3 is 2.16 bits per heavy atom. The number of carbonyl (C=O) groups excluding carboxylic acids is 1. The molecule has 1 fully saturated rings. The minimum absolute atomic E-state index is 0.250. The molecule has 0 atom stereocenters. The maximum absolute atomic E-state index is 12.1. The van der Waals surface area contributed by atoms with Crippen LogP contribution in [0.2, 0.25) is 0 Å². The van der Waals surface area contributed by atoms with Crippen molar-refractivity contribution in [1.29, 1.82) is 0 Å². The highest BCUT2D eigenvalue weighted by Gasteiger charge is 2.51. The standard InChI is InChI=1S/C18H25BO6/c1-17(2)18(3,4)25-19(24-17)12-8-9-15(22-6)13(10-12)14(11-21-5)16(20)23-7/h8-11H,1-7H3/b14-11+. The number of rotatable bonds is 5. The highest BCUT2D eigenvalue weighted by molar-refractivity contribution is 6.62. The second-order valence-corrected chi connectivity index (χ2v) is 6.81. The topological polar surface area (TPSA) is 63.2 Å². The Bertz CT molecular complexity index is 664. The Kier molecular flexibility index (Phi) is 5.49. The van der Waals surface area contributed by atoms with Crippen LogP contribution in [0.4, 0.5) is 0 Å². The second-order valence-electron chi connectivity index (χ2n) is 6.81. The quantitative estimate of drug-likeness (QED) is 0.352. The van der Waals surface area contributed by atoms with Crippen molar-refractivity contribution in [2.45, 2.75) is 38.9 Å². The van der Waals surface area contributed by atoms with Crippen molar-refractivity contribution < 1.29 is 28.3 Å². The zero-order valence-electron chi connectivity index (χ0n) is 15.8. The van der Waals surface area contributed by atoms with Gasteiger partial charge in [0, 0.05) is 5.56 Å². The van der Waals surface area contributed by atoms with Crippen molar-refractivity contribution in [3.8, 4) is 5.75 Å². The van der Waals surface area contributed by atoms with Gasteiger partial charge in [-0.05, 0) is 39.2 Å². The van der Waals surface area contributed by atoms with Crippen LogP contribution in [-0.2, 0) is 23.6 Å². The molecule has 0 aliphatic carbocycles. The third-order valence-electron chi connectivity index (χ3n) is 4.68. The Morgan fingerprint density at radius 1 is 1.08 bits per heavy atom. The third-order valence-corrected chi connectivity index (χ3v) is 4.68. The summed E-state index contributed by atoms with van der Waals surface area (Å²) in [6, 6.07) is 5.41. The van der Waals surface area contributed by atoms with Crippen LogP contribution >= 0.6 is 0 Å². The van der Waals surface area contributed by atoms with Gasteiger partial charge in [0.2, 0.25) is 0 Å². The van der Waals surface area contributed by atoms with E-state index in [1.165, 1.54) is 27.6 Å². The number of methoxy groups -OCH3 is 3. The van der Waals surface area contributed by atoms with Crippen LogP contribution in [0.3, 0.4) is 0 Å². The van der Waals surface area contributed by atoms with E-state index in [4.69, 9.17) is 23.5 Å². The highest BCUT2D eigenvalue weighted by Crippen LogP contribution is 2.37. The molecule has 1 saturated heterocycles. The first-order chi connectivity index (χ1) is 11.7. The van der Waals surface area contributed by atoms with Crippen LogP contribution in [0.15, 0.2) is 24.5 Å². The number of hydrogen-bond donors (Lipinski definition) is 0. The number of esters is 1. The van der Waals surface area contributed by atoms with E-state index in [-0.39, 0.29) is 5.57 Å². The molecule has 2 rings (SSSR count). The van der Waals surface area contributed by atoms with E-state index in [1.807, 2.05) is 33.8 Å². The number of ether oxygens (including phenoxy) is 3. The first kappa shape index (κ1) is 19.3. The van der Waals surface area contributed by atoms with E-state index in [0.717, 1.165) is 5.46 Å². The fourth-order valence-electron chi connectivity index (χ4n) is 2.51. The summed E-state index contributed by atoms with van der Waals surface area (Å²) < 4.78 is 27.4. The molecule has 1 aromatic rings. The molecule has 1 aliphatic heterocycles. The zero-order valence-corrected chi connectivity index (χ0v) is 15.8. The molecule has 0 N–H and O–H groups in total. The van der Waals surface area contributed by atoms with E-state index < -0.39 is 24.3 Å². The van der Waals surface area contributed by atoms with E-state index in [9.17, 15) is 4.79 Å². The molecule has 0 radical (unpaired) electrons. The SMILES string of the molecule is CO/C=C(/C(=O)OC)c1cc(B2OC(C)(C)C(C)(C)O2)ccc1OC. The highest BCUT2D eigenvalue weighted by atomic mass is 16.7. The molecular formula is C18H25BO6. The van der Waals surface area contributed by atoms with Crippen molar-refractivity contribution in [2.24, 2.45) is 0 Å². The first-order valence-corrected chi connectivity index (χ1v) is 8.02. The van der Waals surface area contributed by atoms with Crippen molar-refractivity contribution in [3.05, 3.63) is 30.0 Å². The molecule has 136 valence electrons. The molecule has 1 aliphatic rings. The molecule has 0 amide bonds. The minimum atomic E-state index is -0.545. The van der Waals surface area contributed by atoms with Crippen molar-refractivity contribution in [2.75, 3.05) is 21.3 Å². The van der Waals surface area contributed by atoms with Gasteiger partial charge in [-0.15, -0.1) is 0 Å². The van der Waals surface area contributed by atoms with Crippen molar-refractivity contribution in [1.82, 2.24) is 0 Å². The fraction of sp³-hybridized carbons (Fsp3) is 0.500. The van der Waals surface area contributed by atoms with Gasteiger partial charge in [0.1, 0.15) is 11.3 Å². The van der Waals surface area contributed by atoms with E-state index in [2.05, 4.69) is 0 Å². The summed E-state index contributed by atoms with van der Waals surface area (Å²) in [5, 5.41) is 0. The third kappa shape index (κ3) is 3.67. The average Bonchev–Trinajstić information content (AvgIpc) is 2.79. The summed E-state index contributed by atoms with van der Waals surface area (Å²) in [4.78, 5) is 12.1. The minimum Gasteiger partial charge on any atom is -0.503 e.